The first-order valence-corrected chi connectivity index (χ1v) is 14.2. The lowest BCUT2D eigenvalue weighted by atomic mass is 10.0. The SMILES string of the molecule is CC(=O)N1CCc2c(c(-c3ccc(Cl)cc3)nn2CC(CN2CCN(c3ccccc3C)CC2)OCC(N)=O)C1. The fraction of sp³-hybridized carbons (Fsp3) is 0.433. The molecule has 10 heteroatoms. The lowest BCUT2D eigenvalue weighted by Gasteiger charge is -2.38. The van der Waals surface area contributed by atoms with E-state index in [4.69, 9.17) is 27.2 Å². The van der Waals surface area contributed by atoms with Crippen molar-refractivity contribution in [2.24, 2.45) is 5.73 Å². The first-order valence-electron chi connectivity index (χ1n) is 13.8. The smallest absolute Gasteiger partial charge is 0.243 e. The van der Waals surface area contributed by atoms with Crippen molar-refractivity contribution in [3.8, 4) is 11.3 Å². The minimum absolute atomic E-state index is 0.0490. The average molecular weight is 565 g/mol. The Kier molecular flexibility index (Phi) is 8.73. The Morgan fingerprint density at radius 1 is 1.02 bits per heavy atom. The summed E-state index contributed by atoms with van der Waals surface area (Å²) < 4.78 is 8.06. The molecule has 2 aromatic carbocycles. The van der Waals surface area contributed by atoms with E-state index < -0.39 is 5.91 Å². The van der Waals surface area contributed by atoms with Crippen LogP contribution in [0.25, 0.3) is 11.3 Å². The maximum absolute atomic E-state index is 12.2. The number of piperazine rings is 1. The molecule has 1 saturated heterocycles. The molecule has 0 saturated carbocycles. The van der Waals surface area contributed by atoms with E-state index >= 15 is 0 Å². The predicted octanol–water partition coefficient (Wildman–Crippen LogP) is 3.11. The van der Waals surface area contributed by atoms with Gasteiger partial charge in [0.05, 0.1) is 18.3 Å². The number of benzene rings is 2. The molecule has 1 fully saturated rings. The Morgan fingerprint density at radius 3 is 2.42 bits per heavy atom. The molecule has 1 aromatic heterocycles. The molecule has 1 unspecified atom stereocenters. The zero-order valence-corrected chi connectivity index (χ0v) is 23.9. The number of hydrogen-bond acceptors (Lipinski definition) is 6. The molecule has 2 N–H and O–H groups in total. The third-order valence-corrected chi connectivity index (χ3v) is 8.08. The van der Waals surface area contributed by atoms with Gasteiger partial charge < -0.3 is 20.3 Å². The van der Waals surface area contributed by atoms with Gasteiger partial charge in [-0.15, -0.1) is 0 Å². The van der Waals surface area contributed by atoms with Gasteiger partial charge in [-0.05, 0) is 30.7 Å². The van der Waals surface area contributed by atoms with Crippen LogP contribution in [-0.2, 0) is 33.8 Å². The molecule has 0 bridgehead atoms. The van der Waals surface area contributed by atoms with Crippen LogP contribution >= 0.6 is 11.6 Å². The van der Waals surface area contributed by atoms with Crippen molar-refractivity contribution >= 4 is 29.1 Å². The van der Waals surface area contributed by atoms with Crippen LogP contribution in [0.15, 0.2) is 48.5 Å². The van der Waals surface area contributed by atoms with Crippen molar-refractivity contribution in [2.45, 2.75) is 39.5 Å². The van der Waals surface area contributed by atoms with Gasteiger partial charge in [0.25, 0.3) is 0 Å². The van der Waals surface area contributed by atoms with Gasteiger partial charge in [0, 0.05) is 86.7 Å². The predicted molar refractivity (Wildman–Crippen MR) is 156 cm³/mol. The summed E-state index contributed by atoms with van der Waals surface area (Å²) in [6.07, 6.45) is 0.429. The number of nitrogens with zero attached hydrogens (tertiary/aromatic N) is 5. The fourth-order valence-electron chi connectivity index (χ4n) is 5.68. The van der Waals surface area contributed by atoms with E-state index in [0.29, 0.717) is 37.6 Å². The molecule has 9 nitrogen and oxygen atoms in total. The van der Waals surface area contributed by atoms with Gasteiger partial charge in [-0.25, -0.2) is 0 Å². The van der Waals surface area contributed by atoms with E-state index in [0.717, 1.165) is 48.7 Å². The highest BCUT2D eigenvalue weighted by Crippen LogP contribution is 2.31. The molecule has 0 aliphatic carbocycles. The van der Waals surface area contributed by atoms with Crippen molar-refractivity contribution in [3.05, 3.63) is 70.4 Å². The number of carbonyl (C=O) groups excluding carboxylic acids is 2. The van der Waals surface area contributed by atoms with Crippen molar-refractivity contribution < 1.29 is 14.3 Å². The highest BCUT2D eigenvalue weighted by Gasteiger charge is 2.29. The van der Waals surface area contributed by atoms with Gasteiger partial charge in [-0.3, -0.25) is 19.2 Å². The van der Waals surface area contributed by atoms with E-state index in [1.807, 2.05) is 33.8 Å². The summed E-state index contributed by atoms with van der Waals surface area (Å²) in [6, 6.07) is 16.1. The number of anilines is 1. The van der Waals surface area contributed by atoms with Crippen LogP contribution < -0.4 is 10.6 Å². The summed E-state index contributed by atoms with van der Waals surface area (Å²) in [4.78, 5) is 30.5. The summed E-state index contributed by atoms with van der Waals surface area (Å²) in [5.41, 5.74) is 12.0. The van der Waals surface area contributed by atoms with Gasteiger partial charge in [0.1, 0.15) is 6.61 Å². The number of para-hydroxylation sites is 1. The van der Waals surface area contributed by atoms with Crippen molar-refractivity contribution in [2.75, 3.05) is 50.8 Å². The summed E-state index contributed by atoms with van der Waals surface area (Å²) in [5.74, 6) is -0.441. The highest BCUT2D eigenvalue weighted by molar-refractivity contribution is 6.30. The number of nitrogens with two attached hydrogens (primary N) is 1. The normalized spacial score (nSPS) is 16.6. The minimum Gasteiger partial charge on any atom is -0.369 e. The summed E-state index contributed by atoms with van der Waals surface area (Å²) >= 11 is 6.15. The Labute approximate surface area is 240 Å². The third-order valence-electron chi connectivity index (χ3n) is 7.83. The van der Waals surface area contributed by atoms with Crippen LogP contribution in [0.5, 0.6) is 0 Å². The Bertz CT molecular complexity index is 1350. The standard InChI is InChI=1S/C30H37ClN6O3/c1-21-5-3-4-6-27(21)35-15-13-34(14-16-35)17-25(40-20-29(32)39)18-37-28-11-12-36(22(2)38)19-26(28)30(33-37)23-7-9-24(31)10-8-23/h3-10,25H,11-20H2,1-2H3,(H2,32,39). The Balaban J connectivity index is 1.35. The van der Waals surface area contributed by atoms with Crippen LogP contribution in [0, 0.1) is 6.92 Å². The van der Waals surface area contributed by atoms with Crippen LogP contribution in [-0.4, -0.2) is 83.4 Å². The largest absolute Gasteiger partial charge is 0.369 e. The number of hydrogen-bond donors (Lipinski definition) is 1. The fourth-order valence-corrected chi connectivity index (χ4v) is 5.81. The van der Waals surface area contributed by atoms with Crippen molar-refractivity contribution in [1.82, 2.24) is 19.6 Å². The van der Waals surface area contributed by atoms with Crippen molar-refractivity contribution in [3.63, 3.8) is 0 Å². The number of primary amides is 1. The van der Waals surface area contributed by atoms with Gasteiger partial charge in [0.2, 0.25) is 11.8 Å². The number of amides is 2. The molecule has 3 aromatic rings. The first-order chi connectivity index (χ1) is 19.3. The number of fused-ring (bicyclic) bond motifs is 1. The quantitative estimate of drug-likeness (QED) is 0.429. The van der Waals surface area contributed by atoms with Crippen LogP contribution in [0.2, 0.25) is 5.02 Å². The first kappa shape index (κ1) is 28.1. The molecule has 2 aliphatic rings. The average Bonchev–Trinajstić information content (AvgIpc) is 3.30. The second-order valence-electron chi connectivity index (χ2n) is 10.6. The molecule has 5 rings (SSSR count). The van der Waals surface area contributed by atoms with E-state index in [-0.39, 0.29) is 18.6 Å². The Hall–Kier alpha value is -3.40. The van der Waals surface area contributed by atoms with Crippen LogP contribution in [0.3, 0.4) is 0 Å². The minimum atomic E-state index is -0.490. The molecular formula is C30H37ClN6O3. The third kappa shape index (κ3) is 6.49. The monoisotopic (exact) mass is 564 g/mol. The second-order valence-corrected chi connectivity index (χ2v) is 11.1. The molecule has 3 heterocycles. The number of ether oxygens (including phenoxy) is 1. The van der Waals surface area contributed by atoms with Gasteiger partial charge in [-0.1, -0.05) is 41.9 Å². The lowest BCUT2D eigenvalue weighted by molar-refractivity contribution is -0.129. The van der Waals surface area contributed by atoms with Gasteiger partial charge in [0.15, 0.2) is 0 Å². The van der Waals surface area contributed by atoms with Gasteiger partial charge >= 0.3 is 0 Å². The lowest BCUT2D eigenvalue weighted by Crippen LogP contribution is -2.50. The molecule has 0 spiro atoms. The zero-order chi connectivity index (χ0) is 28.2. The molecule has 212 valence electrons. The molecule has 40 heavy (non-hydrogen) atoms. The molecular weight excluding hydrogens is 528 g/mol. The summed E-state index contributed by atoms with van der Waals surface area (Å²) in [7, 11) is 0. The molecule has 2 aliphatic heterocycles. The van der Waals surface area contributed by atoms with Gasteiger partial charge in [-0.2, -0.15) is 5.10 Å². The number of rotatable bonds is 9. The highest BCUT2D eigenvalue weighted by atomic mass is 35.5. The maximum Gasteiger partial charge on any atom is 0.243 e. The second kappa shape index (κ2) is 12.4. The number of halogens is 1. The Morgan fingerprint density at radius 2 is 1.75 bits per heavy atom. The van der Waals surface area contributed by atoms with Crippen LogP contribution in [0.1, 0.15) is 23.7 Å². The molecule has 2 amide bonds. The maximum atomic E-state index is 12.2. The number of aromatic nitrogens is 2. The topological polar surface area (TPSA) is 96.9 Å². The molecule has 0 radical (unpaired) electrons. The zero-order valence-electron chi connectivity index (χ0n) is 23.2. The van der Waals surface area contributed by atoms with E-state index in [1.165, 1.54) is 11.3 Å². The van der Waals surface area contributed by atoms with E-state index in [9.17, 15) is 9.59 Å². The van der Waals surface area contributed by atoms with E-state index in [1.54, 1.807) is 6.92 Å². The van der Waals surface area contributed by atoms with Crippen LogP contribution in [0.4, 0.5) is 5.69 Å². The number of aryl methyl sites for hydroxylation is 1. The number of carbonyl (C=O) groups is 2. The summed E-state index contributed by atoms with van der Waals surface area (Å²) in [6.45, 7) is 9.55. The molecule has 1 atom stereocenters. The van der Waals surface area contributed by atoms with Crippen molar-refractivity contribution in [1.29, 1.82) is 0 Å². The summed E-state index contributed by atoms with van der Waals surface area (Å²) in [5, 5.41) is 5.68. The van der Waals surface area contributed by atoms with E-state index in [2.05, 4.69) is 41.0 Å².